The number of carbonyl (C=O) groups excluding carboxylic acids is 1. The number of hydrogen-bond donors (Lipinski definition) is 0. The monoisotopic (exact) mass is 382 g/mol. The second-order valence-electron chi connectivity index (χ2n) is 7.41. The summed E-state index contributed by atoms with van der Waals surface area (Å²) in [6.45, 7) is 7.97. The van der Waals surface area contributed by atoms with E-state index in [1.54, 1.807) is 23.2 Å². The molecule has 0 aliphatic rings. The van der Waals surface area contributed by atoms with Crippen LogP contribution < -0.4 is 0 Å². The van der Waals surface area contributed by atoms with Crippen molar-refractivity contribution < 1.29 is 9.18 Å². The molecule has 0 bridgehead atoms. The van der Waals surface area contributed by atoms with Crippen LogP contribution in [0.15, 0.2) is 42.6 Å². The number of amides is 1. The zero-order valence-corrected chi connectivity index (χ0v) is 16.7. The summed E-state index contributed by atoms with van der Waals surface area (Å²) in [7, 11) is 0. The maximum Gasteiger partial charge on any atom is 0.257 e. The lowest BCUT2D eigenvalue weighted by Gasteiger charge is -2.24. The van der Waals surface area contributed by atoms with Gasteiger partial charge in [-0.1, -0.05) is 32.9 Å². The number of hydrogen-bond acceptors (Lipinski definition) is 3. The molecule has 0 aliphatic heterocycles. The molecule has 0 saturated carbocycles. The van der Waals surface area contributed by atoms with Crippen LogP contribution in [0, 0.1) is 11.7 Å². The van der Waals surface area contributed by atoms with Crippen molar-refractivity contribution in [3.63, 3.8) is 0 Å². The molecule has 1 amide bonds. The number of pyridine rings is 1. The molecule has 0 saturated heterocycles. The number of carbonyl (C=O) groups is 1. The van der Waals surface area contributed by atoms with E-state index >= 15 is 0 Å². The van der Waals surface area contributed by atoms with Gasteiger partial charge in [0.25, 0.3) is 5.91 Å². The highest BCUT2D eigenvalue weighted by Gasteiger charge is 2.22. The lowest BCUT2D eigenvalue weighted by Crippen LogP contribution is -2.34. The summed E-state index contributed by atoms with van der Waals surface area (Å²) in [5, 5.41) is 0. The first-order chi connectivity index (χ1) is 13.5. The highest BCUT2D eigenvalue weighted by atomic mass is 19.1. The van der Waals surface area contributed by atoms with E-state index in [-0.39, 0.29) is 11.5 Å². The predicted octanol–water partition coefficient (Wildman–Crippen LogP) is 4.67. The third-order valence-corrected chi connectivity index (χ3v) is 4.73. The van der Waals surface area contributed by atoms with Gasteiger partial charge in [0.15, 0.2) is 5.65 Å². The zero-order valence-electron chi connectivity index (χ0n) is 16.7. The summed E-state index contributed by atoms with van der Waals surface area (Å²) in [6.07, 6.45) is 3.52. The molecule has 0 spiro atoms. The van der Waals surface area contributed by atoms with Crippen molar-refractivity contribution in [2.45, 2.75) is 46.7 Å². The Bertz CT molecular complexity index is 951. The van der Waals surface area contributed by atoms with Gasteiger partial charge in [-0.25, -0.2) is 14.4 Å². The van der Waals surface area contributed by atoms with Crippen molar-refractivity contribution in [1.82, 2.24) is 19.4 Å². The first-order valence-corrected chi connectivity index (χ1v) is 9.85. The zero-order chi connectivity index (χ0) is 20.1. The van der Waals surface area contributed by atoms with Crippen LogP contribution in [0.1, 0.15) is 49.8 Å². The Hall–Kier alpha value is -2.76. The van der Waals surface area contributed by atoms with E-state index in [4.69, 9.17) is 4.98 Å². The smallest absolute Gasteiger partial charge is 0.257 e. The Labute approximate surface area is 165 Å². The molecule has 6 heteroatoms. The van der Waals surface area contributed by atoms with Crippen LogP contribution in [0.4, 0.5) is 4.39 Å². The summed E-state index contributed by atoms with van der Waals surface area (Å²) in [5.41, 5.74) is 1.73. The van der Waals surface area contributed by atoms with Crippen molar-refractivity contribution >= 4 is 17.1 Å². The Balaban J connectivity index is 1.95. The van der Waals surface area contributed by atoms with Gasteiger partial charge in [-0.15, -0.1) is 0 Å². The molecule has 0 aliphatic carbocycles. The van der Waals surface area contributed by atoms with Gasteiger partial charge in [0.2, 0.25) is 0 Å². The molecule has 3 rings (SSSR count). The lowest BCUT2D eigenvalue weighted by atomic mass is 10.1. The van der Waals surface area contributed by atoms with Gasteiger partial charge in [0, 0.05) is 19.3 Å². The molecule has 0 atom stereocenters. The van der Waals surface area contributed by atoms with Gasteiger partial charge in [0.05, 0.1) is 12.1 Å². The third-order valence-electron chi connectivity index (χ3n) is 4.73. The lowest BCUT2D eigenvalue weighted by molar-refractivity contribution is 0.0724. The van der Waals surface area contributed by atoms with Crippen molar-refractivity contribution in [2.75, 3.05) is 6.54 Å². The summed E-state index contributed by atoms with van der Waals surface area (Å²) in [5.74, 6) is 0.420. The fraction of sp³-hybridized carbons (Fsp3) is 0.409. The SMILES string of the molecule is CCCn1c(CN(CCC(C)C)C(=O)c2ccccc2F)nc2cccnc21. The first kappa shape index (κ1) is 20.0. The van der Waals surface area contributed by atoms with E-state index < -0.39 is 5.82 Å². The van der Waals surface area contributed by atoms with Crippen LogP contribution in [0.5, 0.6) is 0 Å². The highest BCUT2D eigenvalue weighted by Crippen LogP contribution is 2.19. The van der Waals surface area contributed by atoms with Crippen molar-refractivity contribution in [3.8, 4) is 0 Å². The van der Waals surface area contributed by atoms with Crippen molar-refractivity contribution in [2.24, 2.45) is 5.92 Å². The molecule has 0 N–H and O–H groups in total. The molecule has 0 radical (unpaired) electrons. The van der Waals surface area contributed by atoms with E-state index in [1.807, 2.05) is 12.1 Å². The number of aryl methyl sites for hydroxylation is 1. The second kappa shape index (κ2) is 8.95. The highest BCUT2D eigenvalue weighted by molar-refractivity contribution is 5.94. The maximum atomic E-state index is 14.2. The van der Waals surface area contributed by atoms with Crippen molar-refractivity contribution in [1.29, 1.82) is 0 Å². The van der Waals surface area contributed by atoms with Crippen LogP contribution in [-0.2, 0) is 13.1 Å². The van der Waals surface area contributed by atoms with Gasteiger partial charge in [-0.05, 0) is 43.0 Å². The quantitative estimate of drug-likeness (QED) is 0.569. The molecule has 2 heterocycles. The number of rotatable bonds is 8. The number of aromatic nitrogens is 3. The van der Waals surface area contributed by atoms with Gasteiger partial charge >= 0.3 is 0 Å². The molecule has 5 nitrogen and oxygen atoms in total. The normalized spacial score (nSPS) is 11.3. The van der Waals surface area contributed by atoms with Crippen LogP contribution in [0.3, 0.4) is 0 Å². The minimum atomic E-state index is -0.495. The van der Waals surface area contributed by atoms with Crippen LogP contribution in [0.2, 0.25) is 0 Å². The molecule has 0 unspecified atom stereocenters. The van der Waals surface area contributed by atoms with E-state index in [9.17, 15) is 9.18 Å². The summed E-state index contributed by atoms with van der Waals surface area (Å²) in [6, 6.07) is 9.93. The summed E-state index contributed by atoms with van der Waals surface area (Å²) in [4.78, 5) is 24.0. The molecule has 3 aromatic rings. The first-order valence-electron chi connectivity index (χ1n) is 9.85. The summed E-state index contributed by atoms with van der Waals surface area (Å²) < 4.78 is 16.3. The van der Waals surface area contributed by atoms with Crippen LogP contribution >= 0.6 is 0 Å². The fourth-order valence-electron chi connectivity index (χ4n) is 3.23. The minimum absolute atomic E-state index is 0.0996. The van der Waals surface area contributed by atoms with Gasteiger partial charge in [-0.2, -0.15) is 0 Å². The van der Waals surface area contributed by atoms with Crippen molar-refractivity contribution in [3.05, 3.63) is 59.8 Å². The number of fused-ring (bicyclic) bond motifs is 1. The maximum absolute atomic E-state index is 14.2. The Morgan fingerprint density at radius 2 is 2.00 bits per heavy atom. The average Bonchev–Trinajstić information content (AvgIpc) is 3.02. The molecular formula is C22H27FN4O. The number of halogens is 1. The number of nitrogens with zero attached hydrogens (tertiary/aromatic N) is 4. The molecule has 148 valence electrons. The largest absolute Gasteiger partial charge is 0.331 e. The third kappa shape index (κ3) is 4.38. The number of imidazole rings is 1. The van der Waals surface area contributed by atoms with Crippen LogP contribution in [0.25, 0.3) is 11.2 Å². The molecule has 1 aromatic carbocycles. The van der Waals surface area contributed by atoms with E-state index in [0.29, 0.717) is 19.0 Å². The van der Waals surface area contributed by atoms with Gasteiger partial charge in [-0.3, -0.25) is 4.79 Å². The van der Waals surface area contributed by atoms with E-state index in [0.717, 1.165) is 36.4 Å². The standard InChI is InChI=1S/C22H27FN4O/c1-4-13-27-20(25-19-10-7-12-24-21(19)27)15-26(14-11-16(2)3)22(28)17-8-5-6-9-18(17)23/h5-10,12,16H,4,11,13-15H2,1-3H3. The van der Waals surface area contributed by atoms with Gasteiger partial charge in [0.1, 0.15) is 17.2 Å². The molecule has 0 fully saturated rings. The topological polar surface area (TPSA) is 51.0 Å². The molecule has 28 heavy (non-hydrogen) atoms. The average molecular weight is 382 g/mol. The van der Waals surface area contributed by atoms with Crippen LogP contribution in [-0.4, -0.2) is 31.9 Å². The Morgan fingerprint density at radius 3 is 2.71 bits per heavy atom. The Kier molecular flexibility index (Phi) is 6.39. The Morgan fingerprint density at radius 1 is 1.21 bits per heavy atom. The molecule has 2 aromatic heterocycles. The number of benzene rings is 1. The van der Waals surface area contributed by atoms with E-state index in [1.165, 1.54) is 12.1 Å². The van der Waals surface area contributed by atoms with Gasteiger partial charge < -0.3 is 9.47 Å². The second-order valence-corrected chi connectivity index (χ2v) is 7.41. The van der Waals surface area contributed by atoms with E-state index in [2.05, 4.69) is 30.3 Å². The minimum Gasteiger partial charge on any atom is -0.331 e. The molecular weight excluding hydrogens is 355 g/mol. The summed E-state index contributed by atoms with van der Waals surface area (Å²) >= 11 is 0. The predicted molar refractivity (Wildman–Crippen MR) is 108 cm³/mol. The fourth-order valence-corrected chi connectivity index (χ4v) is 3.23.